The minimum absolute atomic E-state index is 0.00612. The summed E-state index contributed by atoms with van der Waals surface area (Å²) in [6.45, 7) is 1.64. The summed E-state index contributed by atoms with van der Waals surface area (Å²) < 4.78 is 26.3. The quantitative estimate of drug-likeness (QED) is 0.864. The predicted octanol–water partition coefficient (Wildman–Crippen LogP) is 1.24. The summed E-state index contributed by atoms with van der Waals surface area (Å²) in [6.07, 6.45) is 3.14. The molecule has 1 aromatic heterocycles. The topological polar surface area (TPSA) is 103 Å². The van der Waals surface area contributed by atoms with Crippen LogP contribution in [-0.4, -0.2) is 41.0 Å². The normalized spacial score (nSPS) is 11.8. The van der Waals surface area contributed by atoms with E-state index < -0.39 is 16.0 Å². The number of aromatic carboxylic acids is 1. The standard InChI is InChI=1S/C13H15N3O4S/c1-9-11(13(17)18)4-3-5-12(9)21(19,20)16(2)8-10-6-14-15-7-10/h3-7H,8H2,1-2H3,(H,14,15)(H,17,18). The number of carboxylic acids is 1. The van der Waals surface area contributed by atoms with Crippen LogP contribution in [0.4, 0.5) is 0 Å². The highest BCUT2D eigenvalue weighted by atomic mass is 32.2. The number of aromatic nitrogens is 2. The van der Waals surface area contributed by atoms with E-state index in [1.807, 2.05) is 0 Å². The summed E-state index contributed by atoms with van der Waals surface area (Å²) in [6, 6.07) is 4.21. The van der Waals surface area contributed by atoms with Crippen LogP contribution in [0.3, 0.4) is 0 Å². The van der Waals surface area contributed by atoms with Gasteiger partial charge in [-0.05, 0) is 24.6 Å². The van der Waals surface area contributed by atoms with Crippen molar-refractivity contribution in [2.75, 3.05) is 7.05 Å². The molecular formula is C13H15N3O4S. The molecule has 2 rings (SSSR count). The van der Waals surface area contributed by atoms with E-state index in [2.05, 4.69) is 10.2 Å². The second-order valence-electron chi connectivity index (χ2n) is 4.60. The first-order valence-corrected chi connectivity index (χ1v) is 7.55. The largest absolute Gasteiger partial charge is 0.478 e. The lowest BCUT2D eigenvalue weighted by molar-refractivity contribution is 0.0696. The van der Waals surface area contributed by atoms with E-state index in [1.165, 1.54) is 38.4 Å². The molecule has 0 amide bonds. The smallest absolute Gasteiger partial charge is 0.335 e. The Labute approximate surface area is 122 Å². The molecule has 0 saturated carbocycles. The first kappa shape index (κ1) is 15.2. The molecule has 0 unspecified atom stereocenters. The van der Waals surface area contributed by atoms with Crippen LogP contribution in [0.25, 0.3) is 0 Å². The molecule has 112 valence electrons. The second kappa shape index (κ2) is 5.66. The van der Waals surface area contributed by atoms with Crippen molar-refractivity contribution in [1.82, 2.24) is 14.5 Å². The molecule has 2 N–H and O–H groups in total. The van der Waals surface area contributed by atoms with Crippen LogP contribution in [0, 0.1) is 6.92 Å². The van der Waals surface area contributed by atoms with Gasteiger partial charge in [0.1, 0.15) is 0 Å². The molecule has 1 heterocycles. The molecule has 0 spiro atoms. The number of hydrogen-bond acceptors (Lipinski definition) is 4. The SMILES string of the molecule is Cc1c(C(=O)O)cccc1S(=O)(=O)N(C)Cc1cn[nH]c1. The average molecular weight is 309 g/mol. The minimum atomic E-state index is -3.77. The fourth-order valence-electron chi connectivity index (χ4n) is 2.00. The van der Waals surface area contributed by atoms with Crippen molar-refractivity contribution in [3.05, 3.63) is 47.3 Å². The van der Waals surface area contributed by atoms with Gasteiger partial charge in [-0.15, -0.1) is 0 Å². The Morgan fingerprint density at radius 1 is 1.43 bits per heavy atom. The number of sulfonamides is 1. The molecule has 1 aromatic carbocycles. The Hall–Kier alpha value is -2.19. The lowest BCUT2D eigenvalue weighted by Crippen LogP contribution is -2.27. The fourth-order valence-corrected chi connectivity index (χ4v) is 3.40. The summed E-state index contributed by atoms with van der Waals surface area (Å²) >= 11 is 0. The highest BCUT2D eigenvalue weighted by Crippen LogP contribution is 2.23. The van der Waals surface area contributed by atoms with Crippen LogP contribution in [0.2, 0.25) is 0 Å². The van der Waals surface area contributed by atoms with E-state index in [1.54, 1.807) is 6.20 Å². The molecule has 8 heteroatoms. The Morgan fingerprint density at radius 2 is 2.14 bits per heavy atom. The van der Waals surface area contributed by atoms with Gasteiger partial charge >= 0.3 is 5.97 Å². The van der Waals surface area contributed by atoms with E-state index in [0.717, 1.165) is 4.31 Å². The van der Waals surface area contributed by atoms with Crippen molar-refractivity contribution in [1.29, 1.82) is 0 Å². The Balaban J connectivity index is 2.40. The molecular weight excluding hydrogens is 294 g/mol. The van der Waals surface area contributed by atoms with Crippen LogP contribution in [-0.2, 0) is 16.6 Å². The summed E-state index contributed by atoms with van der Waals surface area (Å²) in [4.78, 5) is 11.1. The summed E-state index contributed by atoms with van der Waals surface area (Å²) in [5, 5.41) is 15.5. The Morgan fingerprint density at radius 3 is 2.71 bits per heavy atom. The lowest BCUT2D eigenvalue weighted by Gasteiger charge is -2.18. The van der Waals surface area contributed by atoms with Crippen molar-refractivity contribution in [2.45, 2.75) is 18.4 Å². The van der Waals surface area contributed by atoms with Crippen molar-refractivity contribution < 1.29 is 18.3 Å². The van der Waals surface area contributed by atoms with E-state index in [9.17, 15) is 13.2 Å². The number of carboxylic acid groups (broad SMARTS) is 1. The maximum Gasteiger partial charge on any atom is 0.335 e. The number of benzene rings is 1. The maximum atomic E-state index is 12.6. The number of nitrogens with zero attached hydrogens (tertiary/aromatic N) is 2. The number of nitrogens with one attached hydrogen (secondary N) is 1. The molecule has 2 aromatic rings. The molecule has 0 aliphatic rings. The summed E-state index contributed by atoms with van der Waals surface area (Å²) in [5.41, 5.74) is 0.921. The number of H-pyrrole nitrogens is 1. The molecule has 0 aliphatic carbocycles. The van der Waals surface area contributed by atoms with Crippen LogP contribution in [0.1, 0.15) is 21.5 Å². The van der Waals surface area contributed by atoms with Gasteiger partial charge in [-0.3, -0.25) is 5.10 Å². The number of aromatic amines is 1. The molecule has 0 fully saturated rings. The van der Waals surface area contributed by atoms with Gasteiger partial charge in [-0.2, -0.15) is 9.40 Å². The number of carbonyl (C=O) groups is 1. The molecule has 0 radical (unpaired) electrons. The van der Waals surface area contributed by atoms with E-state index in [-0.39, 0.29) is 22.6 Å². The van der Waals surface area contributed by atoms with E-state index in [0.29, 0.717) is 5.56 Å². The third-order valence-corrected chi connectivity index (χ3v) is 5.11. The second-order valence-corrected chi connectivity index (χ2v) is 6.61. The van der Waals surface area contributed by atoms with E-state index >= 15 is 0 Å². The first-order valence-electron chi connectivity index (χ1n) is 6.11. The zero-order valence-corrected chi connectivity index (χ0v) is 12.4. The summed E-state index contributed by atoms with van der Waals surface area (Å²) in [7, 11) is -2.33. The molecule has 7 nitrogen and oxygen atoms in total. The van der Waals surface area contributed by atoms with Gasteiger partial charge < -0.3 is 5.11 Å². The van der Waals surface area contributed by atoms with Crippen LogP contribution >= 0.6 is 0 Å². The van der Waals surface area contributed by atoms with Crippen LogP contribution in [0.15, 0.2) is 35.5 Å². The third-order valence-electron chi connectivity index (χ3n) is 3.16. The zero-order chi connectivity index (χ0) is 15.6. The monoisotopic (exact) mass is 309 g/mol. The van der Waals surface area contributed by atoms with Gasteiger partial charge in [0.25, 0.3) is 0 Å². The van der Waals surface area contributed by atoms with Gasteiger partial charge in [0, 0.05) is 25.4 Å². The van der Waals surface area contributed by atoms with E-state index in [4.69, 9.17) is 5.11 Å². The van der Waals surface area contributed by atoms with Crippen molar-refractivity contribution in [2.24, 2.45) is 0 Å². The fraction of sp³-hybridized carbons (Fsp3) is 0.231. The minimum Gasteiger partial charge on any atom is -0.478 e. The van der Waals surface area contributed by atoms with Crippen molar-refractivity contribution >= 4 is 16.0 Å². The maximum absolute atomic E-state index is 12.6. The number of rotatable bonds is 5. The molecule has 0 aliphatic heterocycles. The molecule has 0 saturated heterocycles. The molecule has 21 heavy (non-hydrogen) atoms. The highest BCUT2D eigenvalue weighted by molar-refractivity contribution is 7.89. The lowest BCUT2D eigenvalue weighted by atomic mass is 10.1. The van der Waals surface area contributed by atoms with Gasteiger partial charge in [-0.1, -0.05) is 6.07 Å². The predicted molar refractivity (Wildman–Crippen MR) is 75.4 cm³/mol. The average Bonchev–Trinajstić information content (AvgIpc) is 2.91. The number of hydrogen-bond donors (Lipinski definition) is 2. The van der Waals surface area contributed by atoms with Crippen LogP contribution < -0.4 is 0 Å². The summed E-state index contributed by atoms with van der Waals surface area (Å²) in [5.74, 6) is -1.15. The third kappa shape index (κ3) is 2.96. The Kier molecular flexibility index (Phi) is 4.10. The van der Waals surface area contributed by atoms with Crippen molar-refractivity contribution in [3.8, 4) is 0 Å². The highest BCUT2D eigenvalue weighted by Gasteiger charge is 2.25. The van der Waals surface area contributed by atoms with Gasteiger partial charge in [0.05, 0.1) is 16.7 Å². The van der Waals surface area contributed by atoms with Gasteiger partial charge in [0.2, 0.25) is 10.0 Å². The first-order chi connectivity index (χ1) is 9.84. The van der Waals surface area contributed by atoms with Gasteiger partial charge in [-0.25, -0.2) is 13.2 Å². The molecule has 0 bridgehead atoms. The van der Waals surface area contributed by atoms with Crippen LogP contribution in [0.5, 0.6) is 0 Å². The Bertz CT molecular complexity index is 754. The van der Waals surface area contributed by atoms with Gasteiger partial charge in [0.15, 0.2) is 0 Å². The molecule has 0 atom stereocenters. The zero-order valence-electron chi connectivity index (χ0n) is 11.6. The van der Waals surface area contributed by atoms with Crippen molar-refractivity contribution in [3.63, 3.8) is 0 Å².